The standard InChI is InChI=1S/C21H37N3O4/c1-4-28-21(27)23-18(15(2)3)19(25)24(17-13-9-6-10-14-17)20(26)22-16-11-7-5-8-12-16/h15-18H,4-14H2,1-3H3,(H,22,26)(H,23,27)/t18-/m0/s1. The minimum atomic E-state index is -0.780. The molecule has 0 bridgehead atoms. The molecule has 0 heterocycles. The number of urea groups is 1. The molecule has 7 nitrogen and oxygen atoms in total. The van der Waals surface area contributed by atoms with E-state index in [1.54, 1.807) is 6.92 Å². The second-order valence-corrected chi connectivity index (χ2v) is 8.37. The first-order chi connectivity index (χ1) is 13.4. The Morgan fingerprint density at radius 2 is 1.54 bits per heavy atom. The minimum absolute atomic E-state index is 0.102. The molecule has 2 rings (SSSR count). The predicted octanol–water partition coefficient (Wildman–Crippen LogP) is 3.96. The molecule has 0 unspecified atom stereocenters. The van der Waals surface area contributed by atoms with E-state index in [4.69, 9.17) is 4.74 Å². The third-order valence-corrected chi connectivity index (χ3v) is 5.81. The Morgan fingerprint density at radius 3 is 2.07 bits per heavy atom. The molecule has 2 fully saturated rings. The fourth-order valence-electron chi connectivity index (χ4n) is 4.24. The Hall–Kier alpha value is -1.79. The van der Waals surface area contributed by atoms with Crippen molar-refractivity contribution in [3.05, 3.63) is 0 Å². The van der Waals surface area contributed by atoms with Gasteiger partial charge in [-0.1, -0.05) is 52.4 Å². The minimum Gasteiger partial charge on any atom is -0.450 e. The maximum absolute atomic E-state index is 13.4. The monoisotopic (exact) mass is 395 g/mol. The summed E-state index contributed by atoms with van der Waals surface area (Å²) in [5, 5.41) is 5.75. The lowest BCUT2D eigenvalue weighted by atomic mass is 9.92. The number of imide groups is 1. The van der Waals surface area contributed by atoms with E-state index >= 15 is 0 Å². The lowest BCUT2D eigenvalue weighted by molar-refractivity contribution is -0.133. The van der Waals surface area contributed by atoms with E-state index < -0.39 is 12.1 Å². The van der Waals surface area contributed by atoms with Crippen LogP contribution in [0.4, 0.5) is 9.59 Å². The van der Waals surface area contributed by atoms with E-state index in [1.165, 1.54) is 11.3 Å². The first-order valence-electron chi connectivity index (χ1n) is 11.0. The number of carbonyl (C=O) groups is 3. The highest BCUT2D eigenvalue weighted by atomic mass is 16.5. The highest BCUT2D eigenvalue weighted by molar-refractivity contribution is 5.99. The molecular formula is C21H37N3O4. The zero-order chi connectivity index (χ0) is 20.5. The third kappa shape index (κ3) is 6.38. The first kappa shape index (κ1) is 22.5. The van der Waals surface area contributed by atoms with E-state index in [1.807, 2.05) is 13.8 Å². The molecule has 0 aromatic rings. The van der Waals surface area contributed by atoms with Crippen LogP contribution in [0.1, 0.15) is 85.0 Å². The van der Waals surface area contributed by atoms with Crippen LogP contribution in [0.15, 0.2) is 0 Å². The van der Waals surface area contributed by atoms with Crippen molar-refractivity contribution in [3.63, 3.8) is 0 Å². The lowest BCUT2D eigenvalue weighted by Gasteiger charge is -2.37. The van der Waals surface area contributed by atoms with Crippen molar-refractivity contribution in [2.75, 3.05) is 6.61 Å². The summed E-state index contributed by atoms with van der Waals surface area (Å²) >= 11 is 0. The fourth-order valence-corrected chi connectivity index (χ4v) is 4.24. The molecule has 2 saturated carbocycles. The van der Waals surface area contributed by atoms with E-state index in [-0.39, 0.29) is 36.5 Å². The summed E-state index contributed by atoms with van der Waals surface area (Å²) in [6.45, 7) is 5.69. The largest absolute Gasteiger partial charge is 0.450 e. The summed E-state index contributed by atoms with van der Waals surface area (Å²) in [6.07, 6.45) is 9.57. The highest BCUT2D eigenvalue weighted by Crippen LogP contribution is 2.25. The van der Waals surface area contributed by atoms with Gasteiger partial charge in [0, 0.05) is 12.1 Å². The van der Waals surface area contributed by atoms with Gasteiger partial charge in [-0.05, 0) is 38.5 Å². The Bertz CT molecular complexity index is 526. The Labute approximate surface area is 168 Å². The maximum atomic E-state index is 13.4. The third-order valence-electron chi connectivity index (χ3n) is 5.81. The Morgan fingerprint density at radius 1 is 0.964 bits per heavy atom. The second kappa shape index (κ2) is 11.3. The highest BCUT2D eigenvalue weighted by Gasteiger charge is 2.38. The molecule has 2 N–H and O–H groups in total. The number of hydrogen-bond donors (Lipinski definition) is 2. The molecule has 160 valence electrons. The number of rotatable bonds is 6. The van der Waals surface area contributed by atoms with Crippen LogP contribution in [0, 0.1) is 5.92 Å². The number of nitrogens with one attached hydrogen (secondary N) is 2. The van der Waals surface area contributed by atoms with Crippen LogP contribution in [-0.4, -0.2) is 47.7 Å². The summed E-state index contributed by atoms with van der Waals surface area (Å²) in [7, 11) is 0. The van der Waals surface area contributed by atoms with Crippen LogP contribution in [0.5, 0.6) is 0 Å². The van der Waals surface area contributed by atoms with Gasteiger partial charge in [0.1, 0.15) is 6.04 Å². The van der Waals surface area contributed by atoms with Crippen LogP contribution in [0.2, 0.25) is 0 Å². The molecular weight excluding hydrogens is 358 g/mol. The average molecular weight is 396 g/mol. The van der Waals surface area contributed by atoms with Gasteiger partial charge in [0.05, 0.1) is 6.61 Å². The SMILES string of the molecule is CCOC(=O)N[C@H](C(=O)N(C(=O)NC1CCCCC1)C1CCCCC1)C(C)C. The van der Waals surface area contributed by atoms with Crippen molar-refractivity contribution < 1.29 is 19.1 Å². The number of amides is 4. The van der Waals surface area contributed by atoms with Crippen molar-refractivity contribution >= 4 is 18.0 Å². The molecule has 0 aromatic carbocycles. The molecule has 0 aliphatic heterocycles. The van der Waals surface area contributed by atoms with Gasteiger partial charge in [-0.3, -0.25) is 9.69 Å². The van der Waals surface area contributed by atoms with Gasteiger partial charge in [0.15, 0.2) is 0 Å². The van der Waals surface area contributed by atoms with Gasteiger partial charge in [-0.15, -0.1) is 0 Å². The van der Waals surface area contributed by atoms with Crippen molar-refractivity contribution in [1.82, 2.24) is 15.5 Å². The van der Waals surface area contributed by atoms with Gasteiger partial charge in [-0.25, -0.2) is 9.59 Å². The lowest BCUT2D eigenvalue weighted by Crippen LogP contribution is -2.59. The second-order valence-electron chi connectivity index (χ2n) is 8.37. The van der Waals surface area contributed by atoms with Gasteiger partial charge in [0.2, 0.25) is 0 Å². The van der Waals surface area contributed by atoms with E-state index in [2.05, 4.69) is 10.6 Å². The summed E-state index contributed by atoms with van der Waals surface area (Å²) in [4.78, 5) is 39.9. The van der Waals surface area contributed by atoms with Crippen LogP contribution in [-0.2, 0) is 9.53 Å². The smallest absolute Gasteiger partial charge is 0.407 e. The van der Waals surface area contributed by atoms with Crippen LogP contribution in [0.3, 0.4) is 0 Å². The fraction of sp³-hybridized carbons (Fsp3) is 0.857. The number of nitrogens with zero attached hydrogens (tertiary/aromatic N) is 1. The van der Waals surface area contributed by atoms with E-state index in [0.717, 1.165) is 57.8 Å². The molecule has 0 aromatic heterocycles. The normalized spacial score (nSPS) is 19.7. The number of hydrogen-bond acceptors (Lipinski definition) is 4. The van der Waals surface area contributed by atoms with Gasteiger partial charge in [0.25, 0.3) is 5.91 Å². The van der Waals surface area contributed by atoms with Crippen molar-refractivity contribution in [3.8, 4) is 0 Å². The number of carbonyl (C=O) groups excluding carboxylic acids is 3. The van der Waals surface area contributed by atoms with Crippen LogP contribution < -0.4 is 10.6 Å². The predicted molar refractivity (Wildman–Crippen MR) is 108 cm³/mol. The number of alkyl carbamates (subject to hydrolysis) is 1. The Kier molecular flexibility index (Phi) is 9.06. The van der Waals surface area contributed by atoms with E-state index in [0.29, 0.717) is 0 Å². The topological polar surface area (TPSA) is 87.7 Å². The van der Waals surface area contributed by atoms with Crippen molar-refractivity contribution in [2.24, 2.45) is 5.92 Å². The van der Waals surface area contributed by atoms with Crippen molar-refractivity contribution in [1.29, 1.82) is 0 Å². The van der Waals surface area contributed by atoms with Gasteiger partial charge in [-0.2, -0.15) is 0 Å². The average Bonchev–Trinajstić information content (AvgIpc) is 2.68. The molecule has 0 radical (unpaired) electrons. The zero-order valence-corrected chi connectivity index (χ0v) is 17.7. The summed E-state index contributed by atoms with van der Waals surface area (Å²) in [5.41, 5.74) is 0. The number of ether oxygens (including phenoxy) is 1. The summed E-state index contributed by atoms with van der Waals surface area (Å²) < 4.78 is 4.96. The van der Waals surface area contributed by atoms with Gasteiger partial charge >= 0.3 is 12.1 Å². The maximum Gasteiger partial charge on any atom is 0.407 e. The van der Waals surface area contributed by atoms with Crippen LogP contribution >= 0.6 is 0 Å². The van der Waals surface area contributed by atoms with Gasteiger partial charge < -0.3 is 15.4 Å². The summed E-state index contributed by atoms with van der Waals surface area (Å²) in [6, 6.07) is -1.05. The molecule has 2 aliphatic rings. The first-order valence-corrected chi connectivity index (χ1v) is 11.0. The van der Waals surface area contributed by atoms with Crippen LogP contribution in [0.25, 0.3) is 0 Å². The molecule has 28 heavy (non-hydrogen) atoms. The zero-order valence-electron chi connectivity index (χ0n) is 17.7. The molecule has 4 amide bonds. The molecule has 0 spiro atoms. The molecule has 7 heteroatoms. The quantitative estimate of drug-likeness (QED) is 0.712. The summed E-state index contributed by atoms with van der Waals surface area (Å²) in [5.74, 6) is -0.478. The Balaban J connectivity index is 2.16. The molecule has 0 saturated heterocycles. The van der Waals surface area contributed by atoms with E-state index in [9.17, 15) is 14.4 Å². The molecule has 2 aliphatic carbocycles. The van der Waals surface area contributed by atoms with Crippen molar-refractivity contribution in [2.45, 2.75) is 103 Å². The molecule has 1 atom stereocenters.